The van der Waals surface area contributed by atoms with E-state index in [0.717, 1.165) is 41.9 Å². The van der Waals surface area contributed by atoms with Crippen LogP contribution in [0.5, 0.6) is 17.2 Å². The Morgan fingerprint density at radius 2 is 1.73 bits per heavy atom. The summed E-state index contributed by atoms with van der Waals surface area (Å²) in [6, 6.07) is 11.3. The highest BCUT2D eigenvalue weighted by Gasteiger charge is 2.41. The van der Waals surface area contributed by atoms with E-state index in [1.165, 1.54) is 0 Å². The average molecular weight is 504 g/mol. The van der Waals surface area contributed by atoms with E-state index < -0.39 is 0 Å². The summed E-state index contributed by atoms with van der Waals surface area (Å²) in [7, 11) is 4.72. The number of nitrogens with zero attached hydrogens (tertiary/aromatic N) is 7. The molecule has 37 heavy (non-hydrogen) atoms. The summed E-state index contributed by atoms with van der Waals surface area (Å²) in [5.41, 5.74) is 13.0. The number of hydrogen-bond acceptors (Lipinski definition) is 8. The molecule has 0 radical (unpaired) electrons. The number of carbonyl (C=O) groups is 1. The Morgan fingerprint density at radius 1 is 1.00 bits per heavy atom. The van der Waals surface area contributed by atoms with Gasteiger partial charge in [0.05, 0.1) is 40.0 Å². The minimum absolute atomic E-state index is 0.0240. The summed E-state index contributed by atoms with van der Waals surface area (Å²) in [4.78, 5) is 27.6. The van der Waals surface area contributed by atoms with Gasteiger partial charge in [0.15, 0.2) is 11.5 Å². The quantitative estimate of drug-likeness (QED) is 0.307. The highest BCUT2D eigenvalue weighted by molar-refractivity contribution is 6.09. The molecule has 0 saturated carbocycles. The number of methoxy groups -OCH3 is 3. The van der Waals surface area contributed by atoms with E-state index in [1.807, 2.05) is 36.4 Å². The first-order valence-electron chi connectivity index (χ1n) is 12.1. The minimum Gasteiger partial charge on any atom is -0.493 e. The molecule has 0 aliphatic carbocycles. The Morgan fingerprint density at radius 3 is 2.38 bits per heavy atom. The van der Waals surface area contributed by atoms with Crippen LogP contribution >= 0.6 is 0 Å². The Bertz CT molecular complexity index is 1290. The van der Waals surface area contributed by atoms with Gasteiger partial charge in [-0.05, 0) is 28.8 Å². The number of azide groups is 1. The molecular weight excluding hydrogens is 474 g/mol. The van der Waals surface area contributed by atoms with Crippen LogP contribution in [0.1, 0.15) is 17.5 Å². The van der Waals surface area contributed by atoms with Crippen LogP contribution in [-0.2, 0) is 17.9 Å². The SMILES string of the molecule is COc1cc(CN2C(=O)C3=C(CCN(Cc4ccc(N=[N+]=[N-])cc4)C3)N3CCN=C23)cc(OC)c1OC. The number of guanidine groups is 1. The maximum absolute atomic E-state index is 13.9. The van der Waals surface area contributed by atoms with E-state index in [9.17, 15) is 4.79 Å². The number of aliphatic imine (C=N–C) groups is 1. The van der Waals surface area contributed by atoms with Crippen molar-refractivity contribution < 1.29 is 19.0 Å². The van der Waals surface area contributed by atoms with Gasteiger partial charge in [-0.2, -0.15) is 0 Å². The van der Waals surface area contributed by atoms with Gasteiger partial charge in [-0.25, -0.2) is 0 Å². The molecule has 2 aromatic rings. The van der Waals surface area contributed by atoms with Gasteiger partial charge in [0, 0.05) is 48.9 Å². The number of rotatable bonds is 8. The third kappa shape index (κ3) is 4.66. The van der Waals surface area contributed by atoms with Gasteiger partial charge in [-0.1, -0.05) is 29.4 Å². The first-order valence-corrected chi connectivity index (χ1v) is 12.1. The van der Waals surface area contributed by atoms with Crippen molar-refractivity contribution in [2.45, 2.75) is 19.5 Å². The second-order valence-corrected chi connectivity index (χ2v) is 9.00. The highest BCUT2D eigenvalue weighted by Crippen LogP contribution is 2.39. The first kappa shape index (κ1) is 24.5. The summed E-state index contributed by atoms with van der Waals surface area (Å²) in [5.74, 6) is 2.28. The molecule has 0 saturated heterocycles. The van der Waals surface area contributed by atoms with Gasteiger partial charge in [0.25, 0.3) is 5.91 Å². The Hall–Kier alpha value is -4.21. The Balaban J connectivity index is 1.39. The van der Waals surface area contributed by atoms with Gasteiger partial charge >= 0.3 is 0 Å². The molecule has 0 bridgehead atoms. The third-order valence-corrected chi connectivity index (χ3v) is 6.85. The van der Waals surface area contributed by atoms with E-state index in [-0.39, 0.29) is 5.91 Å². The second-order valence-electron chi connectivity index (χ2n) is 9.00. The minimum atomic E-state index is -0.0240. The van der Waals surface area contributed by atoms with Crippen molar-refractivity contribution in [3.05, 3.63) is 69.2 Å². The maximum Gasteiger partial charge on any atom is 0.259 e. The summed E-state index contributed by atoms with van der Waals surface area (Å²) in [6.45, 7) is 3.88. The molecule has 2 aromatic carbocycles. The fourth-order valence-electron chi connectivity index (χ4n) is 5.14. The standard InChI is InChI=1S/C26H29N7O4/c1-35-22-12-18(13-23(36-2)24(22)37-3)15-33-25(34)20-16-31(10-8-21(20)32-11-9-28-26(32)33)14-17-4-6-19(7-5-17)29-30-27/h4-7,12-13H,8-11,14-16H2,1-3H3. The number of ether oxygens (including phenoxy) is 3. The third-order valence-electron chi connectivity index (χ3n) is 6.85. The van der Waals surface area contributed by atoms with E-state index in [2.05, 4.69) is 24.8 Å². The first-order chi connectivity index (χ1) is 18.1. The molecule has 3 heterocycles. The van der Waals surface area contributed by atoms with Crippen molar-refractivity contribution in [2.75, 3.05) is 47.5 Å². The molecular formula is C26H29N7O4. The molecule has 1 amide bonds. The lowest BCUT2D eigenvalue weighted by molar-refractivity contribution is -0.125. The molecule has 11 heteroatoms. The van der Waals surface area contributed by atoms with Crippen molar-refractivity contribution in [1.82, 2.24) is 14.7 Å². The van der Waals surface area contributed by atoms with Crippen molar-refractivity contribution in [3.63, 3.8) is 0 Å². The molecule has 0 aromatic heterocycles. The van der Waals surface area contributed by atoms with Crippen molar-refractivity contribution >= 4 is 17.6 Å². The molecule has 0 atom stereocenters. The number of hydrogen-bond donors (Lipinski definition) is 0. The van der Waals surface area contributed by atoms with Crippen molar-refractivity contribution in [3.8, 4) is 17.2 Å². The van der Waals surface area contributed by atoms with Gasteiger partial charge in [-0.15, -0.1) is 0 Å². The lowest BCUT2D eigenvalue weighted by atomic mass is 10.00. The predicted molar refractivity (Wildman–Crippen MR) is 138 cm³/mol. The molecule has 0 N–H and O–H groups in total. The van der Waals surface area contributed by atoms with Gasteiger partial charge in [0.2, 0.25) is 11.7 Å². The van der Waals surface area contributed by atoms with Crippen LogP contribution in [0.15, 0.2) is 57.8 Å². The number of benzene rings is 2. The Labute approximate surface area is 215 Å². The zero-order valence-corrected chi connectivity index (χ0v) is 21.2. The number of fused-ring (bicyclic) bond motifs is 2. The zero-order valence-electron chi connectivity index (χ0n) is 21.2. The van der Waals surface area contributed by atoms with Gasteiger partial charge in [-0.3, -0.25) is 19.6 Å². The van der Waals surface area contributed by atoms with Gasteiger partial charge in [0.1, 0.15) is 0 Å². The van der Waals surface area contributed by atoms with E-state index >= 15 is 0 Å². The zero-order chi connectivity index (χ0) is 25.9. The van der Waals surface area contributed by atoms with Crippen LogP contribution in [0.25, 0.3) is 10.4 Å². The topological polar surface area (TPSA) is 116 Å². The van der Waals surface area contributed by atoms with Crippen LogP contribution in [-0.4, -0.2) is 74.1 Å². The molecule has 11 nitrogen and oxygen atoms in total. The monoisotopic (exact) mass is 503 g/mol. The van der Waals surface area contributed by atoms with Crippen LogP contribution in [0.3, 0.4) is 0 Å². The fourth-order valence-corrected chi connectivity index (χ4v) is 5.14. The van der Waals surface area contributed by atoms with E-state index in [0.29, 0.717) is 55.1 Å². The molecule has 0 spiro atoms. The van der Waals surface area contributed by atoms with Crippen LogP contribution in [0, 0.1) is 0 Å². The summed E-state index contributed by atoms with van der Waals surface area (Å²) in [5, 5.41) is 3.63. The predicted octanol–water partition coefficient (Wildman–Crippen LogP) is 3.83. The largest absolute Gasteiger partial charge is 0.493 e. The lowest BCUT2D eigenvalue weighted by Crippen LogP contribution is -2.53. The van der Waals surface area contributed by atoms with E-state index in [1.54, 1.807) is 26.2 Å². The molecule has 192 valence electrons. The van der Waals surface area contributed by atoms with Crippen molar-refractivity contribution in [1.29, 1.82) is 0 Å². The smallest absolute Gasteiger partial charge is 0.259 e. The van der Waals surface area contributed by atoms with Gasteiger partial charge < -0.3 is 19.1 Å². The summed E-state index contributed by atoms with van der Waals surface area (Å²) < 4.78 is 16.5. The lowest BCUT2D eigenvalue weighted by Gasteiger charge is -2.42. The van der Waals surface area contributed by atoms with Crippen LogP contribution in [0.2, 0.25) is 0 Å². The highest BCUT2D eigenvalue weighted by atomic mass is 16.5. The number of amides is 1. The maximum atomic E-state index is 13.9. The Kier molecular flexibility index (Phi) is 6.89. The molecule has 5 rings (SSSR count). The second kappa shape index (κ2) is 10.4. The van der Waals surface area contributed by atoms with E-state index in [4.69, 9.17) is 19.7 Å². The van der Waals surface area contributed by atoms with Crippen molar-refractivity contribution in [2.24, 2.45) is 10.1 Å². The fraction of sp³-hybridized carbons (Fsp3) is 0.385. The molecule has 0 unspecified atom stereocenters. The van der Waals surface area contributed by atoms with Crippen LogP contribution < -0.4 is 14.2 Å². The summed E-state index contributed by atoms with van der Waals surface area (Å²) >= 11 is 0. The molecule has 3 aliphatic rings. The van der Waals surface area contributed by atoms with Crippen LogP contribution in [0.4, 0.5) is 5.69 Å². The average Bonchev–Trinajstić information content (AvgIpc) is 3.41. The summed E-state index contributed by atoms with van der Waals surface area (Å²) in [6.07, 6.45) is 0.787. The molecule has 0 fully saturated rings. The normalized spacial score (nSPS) is 17.2. The molecule has 3 aliphatic heterocycles. The number of carbonyl (C=O) groups excluding carboxylic acids is 1.